The molecule has 30 heavy (non-hydrogen) atoms. The first kappa shape index (κ1) is 20.7. The van der Waals surface area contributed by atoms with E-state index in [4.69, 9.17) is 4.74 Å². The third-order valence-corrected chi connectivity index (χ3v) is 6.12. The maximum absolute atomic E-state index is 12.8. The van der Waals surface area contributed by atoms with Crippen LogP contribution in [-0.2, 0) is 17.8 Å². The predicted octanol–water partition coefficient (Wildman–Crippen LogP) is 4.58. The molecule has 0 spiro atoms. The molecule has 4 rings (SSSR count). The van der Waals surface area contributed by atoms with Crippen LogP contribution in [0, 0.1) is 6.92 Å². The van der Waals surface area contributed by atoms with Crippen molar-refractivity contribution in [3.8, 4) is 5.75 Å². The van der Waals surface area contributed by atoms with Gasteiger partial charge in [0.05, 0.1) is 16.9 Å². The van der Waals surface area contributed by atoms with Crippen LogP contribution in [0.4, 0.5) is 13.2 Å². The predicted molar refractivity (Wildman–Crippen MR) is 109 cm³/mol. The molecule has 0 bridgehead atoms. The van der Waals surface area contributed by atoms with Gasteiger partial charge in [-0.3, -0.25) is 4.79 Å². The van der Waals surface area contributed by atoms with E-state index < -0.39 is 12.7 Å². The van der Waals surface area contributed by atoms with Crippen LogP contribution >= 0.6 is 11.3 Å². The van der Waals surface area contributed by atoms with E-state index in [9.17, 15) is 18.0 Å². The monoisotopic (exact) mass is 437 g/mol. The van der Waals surface area contributed by atoms with Crippen LogP contribution in [0.15, 0.2) is 36.7 Å². The van der Waals surface area contributed by atoms with Crippen LogP contribution in [0.5, 0.6) is 5.75 Å². The minimum atomic E-state index is -4.28. The zero-order valence-electron chi connectivity index (χ0n) is 16.5. The van der Waals surface area contributed by atoms with E-state index in [2.05, 4.69) is 4.98 Å². The van der Waals surface area contributed by atoms with E-state index in [0.717, 1.165) is 9.88 Å². The van der Waals surface area contributed by atoms with Crippen LogP contribution in [0.3, 0.4) is 0 Å². The van der Waals surface area contributed by atoms with Crippen molar-refractivity contribution in [2.75, 3.05) is 13.1 Å². The Hall–Kier alpha value is -2.55. The number of amides is 1. The number of aryl methyl sites for hydroxylation is 1. The largest absolute Gasteiger partial charge is 0.490 e. The number of thiazole rings is 1. The SMILES string of the molecule is Cc1ncc(CC(=O)N2CCC(Oc3cccc4c3ccn4CC(F)(F)F)CC2)s1. The lowest BCUT2D eigenvalue weighted by molar-refractivity contribution is -0.140. The molecule has 3 aromatic rings. The molecular formula is C21H22F3N3O2S. The molecule has 1 saturated heterocycles. The number of alkyl halides is 3. The van der Waals surface area contributed by atoms with Gasteiger partial charge in [0.1, 0.15) is 18.4 Å². The van der Waals surface area contributed by atoms with E-state index in [1.807, 2.05) is 11.8 Å². The fraction of sp³-hybridized carbons (Fsp3) is 0.429. The lowest BCUT2D eigenvalue weighted by Gasteiger charge is -2.32. The quantitative estimate of drug-likeness (QED) is 0.587. The minimum Gasteiger partial charge on any atom is -0.490 e. The molecule has 1 aromatic carbocycles. The zero-order chi connectivity index (χ0) is 21.3. The lowest BCUT2D eigenvalue weighted by atomic mass is 10.1. The number of aromatic nitrogens is 2. The molecule has 0 N–H and O–H groups in total. The Morgan fingerprint density at radius 2 is 2.03 bits per heavy atom. The molecular weight excluding hydrogens is 415 g/mol. The van der Waals surface area contributed by atoms with E-state index in [0.29, 0.717) is 49.0 Å². The zero-order valence-corrected chi connectivity index (χ0v) is 17.3. The van der Waals surface area contributed by atoms with Crippen molar-refractivity contribution in [2.45, 2.75) is 45.0 Å². The molecule has 1 amide bonds. The van der Waals surface area contributed by atoms with Crippen molar-refractivity contribution in [1.29, 1.82) is 0 Å². The van der Waals surface area contributed by atoms with Gasteiger partial charge in [0.2, 0.25) is 5.91 Å². The Morgan fingerprint density at radius 1 is 1.27 bits per heavy atom. The Bertz CT molecular complexity index is 1040. The number of hydrogen-bond donors (Lipinski definition) is 0. The smallest absolute Gasteiger partial charge is 0.406 e. The van der Waals surface area contributed by atoms with Crippen molar-refractivity contribution in [2.24, 2.45) is 0 Å². The van der Waals surface area contributed by atoms with Gasteiger partial charge in [-0.2, -0.15) is 13.2 Å². The summed E-state index contributed by atoms with van der Waals surface area (Å²) in [7, 11) is 0. The summed E-state index contributed by atoms with van der Waals surface area (Å²) in [4.78, 5) is 19.5. The number of halogens is 3. The number of hydrogen-bond acceptors (Lipinski definition) is 4. The molecule has 1 aliphatic heterocycles. The standard InChI is InChI=1S/C21H22F3N3O2S/c1-14-25-12-16(30-14)11-20(28)26-8-5-15(6-9-26)29-19-4-2-3-18-17(19)7-10-27(18)13-21(22,23)24/h2-4,7,10,12,15H,5-6,8-9,11,13H2,1H3. The number of piperidine rings is 1. The third-order valence-electron chi connectivity index (χ3n) is 5.21. The fourth-order valence-corrected chi connectivity index (χ4v) is 4.57. The van der Waals surface area contributed by atoms with Gasteiger partial charge in [-0.1, -0.05) is 6.07 Å². The number of ether oxygens (including phenoxy) is 1. The molecule has 0 atom stereocenters. The summed E-state index contributed by atoms with van der Waals surface area (Å²) in [6, 6.07) is 6.81. The topological polar surface area (TPSA) is 47.4 Å². The first-order valence-electron chi connectivity index (χ1n) is 9.79. The van der Waals surface area contributed by atoms with Gasteiger partial charge in [-0.15, -0.1) is 11.3 Å². The molecule has 2 aromatic heterocycles. The minimum absolute atomic E-state index is 0.0729. The average Bonchev–Trinajstić information content (AvgIpc) is 3.28. The van der Waals surface area contributed by atoms with Crippen molar-refractivity contribution in [1.82, 2.24) is 14.5 Å². The Balaban J connectivity index is 1.37. The fourth-order valence-electron chi connectivity index (χ4n) is 3.78. The van der Waals surface area contributed by atoms with Gasteiger partial charge in [0, 0.05) is 48.6 Å². The first-order chi connectivity index (χ1) is 14.3. The molecule has 5 nitrogen and oxygen atoms in total. The van der Waals surface area contributed by atoms with E-state index >= 15 is 0 Å². The lowest BCUT2D eigenvalue weighted by Crippen LogP contribution is -2.42. The molecule has 0 saturated carbocycles. The van der Waals surface area contributed by atoms with Gasteiger partial charge >= 0.3 is 6.18 Å². The molecule has 9 heteroatoms. The molecule has 0 unspecified atom stereocenters. The molecule has 3 heterocycles. The van der Waals surface area contributed by atoms with E-state index in [1.165, 1.54) is 22.1 Å². The van der Waals surface area contributed by atoms with Crippen molar-refractivity contribution in [3.05, 3.63) is 46.5 Å². The van der Waals surface area contributed by atoms with Gasteiger partial charge < -0.3 is 14.2 Å². The highest BCUT2D eigenvalue weighted by atomic mass is 32.1. The number of fused-ring (bicyclic) bond motifs is 1. The van der Waals surface area contributed by atoms with Crippen molar-refractivity contribution in [3.63, 3.8) is 0 Å². The Morgan fingerprint density at radius 3 is 2.70 bits per heavy atom. The van der Waals surface area contributed by atoms with Gasteiger partial charge in [0.15, 0.2) is 0 Å². The second-order valence-corrected chi connectivity index (χ2v) is 8.79. The summed E-state index contributed by atoms with van der Waals surface area (Å²) in [6.45, 7) is 2.10. The first-order valence-corrected chi connectivity index (χ1v) is 10.6. The highest BCUT2D eigenvalue weighted by molar-refractivity contribution is 7.11. The normalized spacial score (nSPS) is 15.7. The number of benzene rings is 1. The van der Waals surface area contributed by atoms with E-state index in [1.54, 1.807) is 30.5 Å². The number of rotatable bonds is 5. The summed E-state index contributed by atoms with van der Waals surface area (Å²) >= 11 is 1.53. The summed E-state index contributed by atoms with van der Waals surface area (Å²) in [6.07, 6.45) is 0.576. The molecule has 1 aliphatic rings. The van der Waals surface area contributed by atoms with Crippen molar-refractivity contribution < 1.29 is 22.7 Å². The van der Waals surface area contributed by atoms with Crippen LogP contribution in [0.1, 0.15) is 22.7 Å². The molecule has 0 radical (unpaired) electrons. The highest BCUT2D eigenvalue weighted by Gasteiger charge is 2.29. The second-order valence-electron chi connectivity index (χ2n) is 7.47. The molecule has 0 aliphatic carbocycles. The highest BCUT2D eigenvalue weighted by Crippen LogP contribution is 2.31. The summed E-state index contributed by atoms with van der Waals surface area (Å²) in [5.41, 5.74) is 0.497. The summed E-state index contributed by atoms with van der Waals surface area (Å²) in [5.74, 6) is 0.668. The summed E-state index contributed by atoms with van der Waals surface area (Å²) < 4.78 is 45.6. The van der Waals surface area contributed by atoms with Crippen LogP contribution in [0.25, 0.3) is 10.9 Å². The number of carbonyl (C=O) groups is 1. The van der Waals surface area contributed by atoms with Crippen LogP contribution < -0.4 is 4.74 Å². The second kappa shape index (κ2) is 8.29. The number of nitrogens with zero attached hydrogens (tertiary/aromatic N) is 3. The van der Waals surface area contributed by atoms with E-state index in [-0.39, 0.29) is 12.0 Å². The molecule has 1 fully saturated rings. The summed E-state index contributed by atoms with van der Waals surface area (Å²) in [5, 5.41) is 1.61. The van der Waals surface area contributed by atoms with Gasteiger partial charge in [-0.05, 0) is 25.1 Å². The average molecular weight is 437 g/mol. The Kier molecular flexibility index (Phi) is 5.73. The number of carbonyl (C=O) groups excluding carboxylic acids is 1. The maximum Gasteiger partial charge on any atom is 0.406 e. The van der Waals surface area contributed by atoms with Crippen LogP contribution in [-0.4, -0.2) is 45.7 Å². The third kappa shape index (κ3) is 4.77. The van der Waals surface area contributed by atoms with Crippen molar-refractivity contribution >= 4 is 28.1 Å². The van der Waals surface area contributed by atoms with Gasteiger partial charge in [0.25, 0.3) is 0 Å². The van der Waals surface area contributed by atoms with Crippen LogP contribution in [0.2, 0.25) is 0 Å². The van der Waals surface area contributed by atoms with Gasteiger partial charge in [-0.25, -0.2) is 4.98 Å². The molecule has 160 valence electrons. The maximum atomic E-state index is 12.8. The Labute approximate surface area is 176 Å². The number of likely N-dealkylation sites (tertiary alicyclic amines) is 1.